The number of hydrogen-bond donors (Lipinski definition) is 0. The van der Waals surface area contributed by atoms with Gasteiger partial charge in [0.15, 0.2) is 12.6 Å². The van der Waals surface area contributed by atoms with Crippen LogP contribution in [-0.2, 0) is 18.9 Å². The van der Waals surface area contributed by atoms with Crippen molar-refractivity contribution < 1.29 is 18.9 Å². The molecule has 0 saturated carbocycles. The zero-order chi connectivity index (χ0) is 17.8. The zero-order valence-corrected chi connectivity index (χ0v) is 16.3. The molecule has 26 heavy (non-hydrogen) atoms. The fourth-order valence-corrected chi connectivity index (χ4v) is 5.16. The molecule has 0 spiro atoms. The molecule has 4 heterocycles. The number of rotatable bonds is 6. The molecule has 4 rings (SSSR count). The highest BCUT2D eigenvalue weighted by atomic mass is 16.7. The molecule has 4 aliphatic rings. The monoisotopic (exact) mass is 368 g/mol. The van der Waals surface area contributed by atoms with Gasteiger partial charge in [-0.2, -0.15) is 0 Å². The molecule has 4 fully saturated rings. The lowest BCUT2D eigenvalue weighted by Crippen LogP contribution is -2.52. The predicted molar refractivity (Wildman–Crippen MR) is 99.0 cm³/mol. The molecule has 2 unspecified atom stereocenters. The van der Waals surface area contributed by atoms with Gasteiger partial charge < -0.3 is 18.9 Å². The van der Waals surface area contributed by atoms with Crippen molar-refractivity contribution in [2.75, 3.05) is 52.6 Å². The van der Waals surface area contributed by atoms with E-state index in [4.69, 9.17) is 18.9 Å². The Morgan fingerprint density at radius 2 is 1.12 bits per heavy atom. The molecule has 2 atom stereocenters. The van der Waals surface area contributed by atoms with E-state index >= 15 is 0 Å². The molecule has 6 nitrogen and oxygen atoms in total. The van der Waals surface area contributed by atoms with Gasteiger partial charge in [-0.05, 0) is 44.7 Å². The lowest BCUT2D eigenvalue weighted by Gasteiger charge is -2.42. The summed E-state index contributed by atoms with van der Waals surface area (Å²) < 4.78 is 23.3. The first-order valence-electron chi connectivity index (χ1n) is 10.8. The SMILES string of the molecule is CC(CN1CCCCC1C1OCCO1)CN1CCCCC1C1OCCO1. The Balaban J connectivity index is 1.31. The van der Waals surface area contributed by atoms with E-state index in [0.29, 0.717) is 18.0 Å². The highest BCUT2D eigenvalue weighted by molar-refractivity contribution is 4.86. The van der Waals surface area contributed by atoms with Gasteiger partial charge >= 0.3 is 0 Å². The van der Waals surface area contributed by atoms with Crippen molar-refractivity contribution in [3.63, 3.8) is 0 Å². The Hall–Kier alpha value is -0.240. The van der Waals surface area contributed by atoms with Crippen molar-refractivity contribution in [2.45, 2.75) is 70.1 Å². The third-order valence-corrected chi connectivity index (χ3v) is 6.34. The summed E-state index contributed by atoms with van der Waals surface area (Å²) in [6.07, 6.45) is 7.57. The van der Waals surface area contributed by atoms with Gasteiger partial charge in [0.2, 0.25) is 0 Å². The van der Waals surface area contributed by atoms with Gasteiger partial charge in [0.05, 0.1) is 38.5 Å². The lowest BCUT2D eigenvalue weighted by molar-refractivity contribution is -0.118. The second kappa shape index (κ2) is 9.30. The second-order valence-electron chi connectivity index (χ2n) is 8.44. The van der Waals surface area contributed by atoms with E-state index in [0.717, 1.165) is 39.5 Å². The fourth-order valence-electron chi connectivity index (χ4n) is 5.16. The fraction of sp³-hybridized carbons (Fsp3) is 1.00. The minimum Gasteiger partial charge on any atom is -0.349 e. The first-order valence-corrected chi connectivity index (χ1v) is 10.8. The molecule has 4 saturated heterocycles. The Kier molecular flexibility index (Phi) is 6.83. The normalized spacial score (nSPS) is 34.5. The van der Waals surface area contributed by atoms with Crippen LogP contribution in [0, 0.1) is 5.92 Å². The van der Waals surface area contributed by atoms with Gasteiger partial charge in [-0.1, -0.05) is 19.8 Å². The van der Waals surface area contributed by atoms with Crippen LogP contribution in [0.2, 0.25) is 0 Å². The van der Waals surface area contributed by atoms with Crippen LogP contribution >= 0.6 is 0 Å². The third-order valence-electron chi connectivity index (χ3n) is 6.34. The van der Waals surface area contributed by atoms with E-state index in [9.17, 15) is 0 Å². The Bertz CT molecular complexity index is 388. The molecule has 4 aliphatic heterocycles. The second-order valence-corrected chi connectivity index (χ2v) is 8.44. The first kappa shape index (κ1) is 19.1. The van der Waals surface area contributed by atoms with Crippen LogP contribution < -0.4 is 0 Å². The summed E-state index contributed by atoms with van der Waals surface area (Å²) in [7, 11) is 0. The number of ether oxygens (including phenoxy) is 4. The van der Waals surface area contributed by atoms with Crippen molar-refractivity contribution in [1.82, 2.24) is 9.80 Å². The number of piperidine rings is 2. The molecular weight excluding hydrogens is 332 g/mol. The molecule has 0 N–H and O–H groups in total. The van der Waals surface area contributed by atoms with Crippen molar-refractivity contribution >= 4 is 0 Å². The average Bonchev–Trinajstić information content (AvgIpc) is 3.37. The molecule has 0 bridgehead atoms. The molecule has 0 amide bonds. The minimum absolute atomic E-state index is 0.00877. The van der Waals surface area contributed by atoms with Crippen LogP contribution in [-0.4, -0.2) is 87.1 Å². The van der Waals surface area contributed by atoms with Gasteiger partial charge in [0.1, 0.15) is 0 Å². The molecule has 0 radical (unpaired) electrons. The molecule has 0 aliphatic carbocycles. The summed E-state index contributed by atoms with van der Waals surface area (Å²) >= 11 is 0. The molecular formula is C20H36N2O4. The maximum atomic E-state index is 5.83. The number of likely N-dealkylation sites (tertiary alicyclic amines) is 2. The maximum absolute atomic E-state index is 5.83. The molecule has 0 aromatic heterocycles. The van der Waals surface area contributed by atoms with E-state index in [2.05, 4.69) is 16.7 Å². The van der Waals surface area contributed by atoms with Crippen molar-refractivity contribution in [2.24, 2.45) is 5.92 Å². The Labute approximate surface area is 158 Å². The summed E-state index contributed by atoms with van der Waals surface area (Å²) in [5.41, 5.74) is 0. The van der Waals surface area contributed by atoms with E-state index in [1.54, 1.807) is 0 Å². The smallest absolute Gasteiger partial charge is 0.173 e. The quantitative estimate of drug-likeness (QED) is 0.715. The summed E-state index contributed by atoms with van der Waals surface area (Å²) in [6.45, 7) is 10.0. The van der Waals surface area contributed by atoms with Crippen molar-refractivity contribution in [3.05, 3.63) is 0 Å². The van der Waals surface area contributed by atoms with Crippen LogP contribution in [0.5, 0.6) is 0 Å². The average molecular weight is 369 g/mol. The van der Waals surface area contributed by atoms with Crippen LogP contribution in [0.4, 0.5) is 0 Å². The Morgan fingerprint density at radius 3 is 1.54 bits per heavy atom. The van der Waals surface area contributed by atoms with Gasteiger partial charge in [0, 0.05) is 13.1 Å². The topological polar surface area (TPSA) is 43.4 Å². The summed E-state index contributed by atoms with van der Waals surface area (Å²) in [5, 5.41) is 0. The van der Waals surface area contributed by atoms with E-state index in [1.807, 2.05) is 0 Å². The first-order chi connectivity index (χ1) is 12.8. The predicted octanol–water partition coefficient (Wildman–Crippen LogP) is 2.08. The lowest BCUT2D eigenvalue weighted by atomic mass is 9.97. The van der Waals surface area contributed by atoms with E-state index in [-0.39, 0.29) is 12.6 Å². The molecule has 150 valence electrons. The summed E-state index contributed by atoms with van der Waals surface area (Å²) in [6, 6.07) is 0.875. The summed E-state index contributed by atoms with van der Waals surface area (Å²) in [4.78, 5) is 5.26. The van der Waals surface area contributed by atoms with Gasteiger partial charge in [-0.25, -0.2) is 0 Å². The van der Waals surface area contributed by atoms with Crippen molar-refractivity contribution in [1.29, 1.82) is 0 Å². The minimum atomic E-state index is -0.00877. The van der Waals surface area contributed by atoms with Crippen molar-refractivity contribution in [3.8, 4) is 0 Å². The zero-order valence-electron chi connectivity index (χ0n) is 16.3. The van der Waals surface area contributed by atoms with Crippen LogP contribution in [0.1, 0.15) is 45.4 Å². The molecule has 6 heteroatoms. The largest absolute Gasteiger partial charge is 0.349 e. The number of hydrogen-bond acceptors (Lipinski definition) is 6. The van der Waals surface area contributed by atoms with Crippen LogP contribution in [0.15, 0.2) is 0 Å². The summed E-state index contributed by atoms with van der Waals surface area (Å²) in [5.74, 6) is 0.624. The van der Waals surface area contributed by atoms with E-state index < -0.39 is 0 Å². The molecule has 0 aromatic carbocycles. The van der Waals surface area contributed by atoms with Gasteiger partial charge in [-0.3, -0.25) is 9.80 Å². The molecule has 0 aromatic rings. The standard InChI is InChI=1S/C20H36N2O4/c1-16(14-21-8-4-2-6-17(21)19-23-10-11-24-19)15-22-9-5-3-7-18(22)20-25-12-13-26-20/h16-20H,2-15H2,1H3. The van der Waals surface area contributed by atoms with Gasteiger partial charge in [-0.15, -0.1) is 0 Å². The van der Waals surface area contributed by atoms with Crippen LogP contribution in [0.3, 0.4) is 0 Å². The number of nitrogens with zero attached hydrogens (tertiary/aromatic N) is 2. The highest BCUT2D eigenvalue weighted by Crippen LogP contribution is 2.28. The third kappa shape index (κ3) is 4.59. The van der Waals surface area contributed by atoms with Crippen LogP contribution in [0.25, 0.3) is 0 Å². The highest BCUT2D eigenvalue weighted by Gasteiger charge is 2.36. The van der Waals surface area contributed by atoms with Gasteiger partial charge in [0.25, 0.3) is 0 Å². The van der Waals surface area contributed by atoms with E-state index in [1.165, 1.54) is 51.6 Å². The maximum Gasteiger partial charge on any atom is 0.173 e. The Morgan fingerprint density at radius 1 is 0.692 bits per heavy atom.